The van der Waals surface area contributed by atoms with E-state index in [9.17, 15) is 4.79 Å². The summed E-state index contributed by atoms with van der Waals surface area (Å²) in [6.45, 7) is 6.29. The Kier molecular flexibility index (Phi) is 7.51. The topological polar surface area (TPSA) is 70.8 Å². The van der Waals surface area contributed by atoms with Gasteiger partial charge in [-0.3, -0.25) is 4.79 Å². The minimum atomic E-state index is -0.700. The summed E-state index contributed by atoms with van der Waals surface area (Å²) in [5.74, 6) is 1.05. The highest BCUT2D eigenvalue weighted by Crippen LogP contribution is 2.28. The molecule has 2 aromatic carbocycles. The van der Waals surface area contributed by atoms with E-state index in [1.807, 2.05) is 44.2 Å². The van der Waals surface area contributed by atoms with E-state index in [-0.39, 0.29) is 0 Å². The van der Waals surface area contributed by atoms with E-state index < -0.39 is 12.0 Å². The molecule has 146 valence electrons. The van der Waals surface area contributed by atoms with Gasteiger partial charge in [0.25, 0.3) is 0 Å². The number of aryl methyl sites for hydroxylation is 2. The predicted octanol–water partition coefficient (Wildman–Crippen LogP) is 3.98. The molecule has 1 unspecified atom stereocenters. The van der Waals surface area contributed by atoms with Crippen LogP contribution in [-0.2, 0) is 22.6 Å². The number of hydrogen-bond donors (Lipinski definition) is 1. The van der Waals surface area contributed by atoms with E-state index in [2.05, 4.69) is 0 Å². The number of methoxy groups -OCH3 is 1. The summed E-state index contributed by atoms with van der Waals surface area (Å²) in [5.41, 5.74) is 9.64. The van der Waals surface area contributed by atoms with Gasteiger partial charge in [0, 0.05) is 10.6 Å². The molecule has 0 saturated carbocycles. The maximum absolute atomic E-state index is 11.8. The Labute approximate surface area is 165 Å². The lowest BCUT2D eigenvalue weighted by Crippen LogP contribution is -2.34. The van der Waals surface area contributed by atoms with Crippen LogP contribution >= 0.6 is 11.6 Å². The first-order valence-corrected chi connectivity index (χ1v) is 9.21. The summed E-state index contributed by atoms with van der Waals surface area (Å²) in [6.07, 6.45) is 0.384. The highest BCUT2D eigenvalue weighted by molar-refractivity contribution is 6.32. The first kappa shape index (κ1) is 21.1. The van der Waals surface area contributed by atoms with Gasteiger partial charge in [-0.2, -0.15) is 0 Å². The minimum Gasteiger partial charge on any atom is -0.496 e. The smallest absolute Gasteiger partial charge is 0.323 e. The number of nitrogens with two attached hydrogens (primary N) is 1. The molecule has 0 bridgehead atoms. The van der Waals surface area contributed by atoms with Crippen LogP contribution in [0.5, 0.6) is 11.5 Å². The molecular formula is C21H26ClNO4. The van der Waals surface area contributed by atoms with Crippen molar-refractivity contribution in [3.05, 3.63) is 57.6 Å². The second kappa shape index (κ2) is 9.62. The normalized spacial score (nSPS) is 11.8. The summed E-state index contributed by atoms with van der Waals surface area (Å²) >= 11 is 6.21. The number of benzene rings is 2. The van der Waals surface area contributed by atoms with Crippen LogP contribution in [0.2, 0.25) is 5.02 Å². The van der Waals surface area contributed by atoms with Gasteiger partial charge in [0.2, 0.25) is 0 Å². The zero-order valence-corrected chi connectivity index (χ0v) is 16.9. The van der Waals surface area contributed by atoms with Gasteiger partial charge in [-0.25, -0.2) is 0 Å². The standard InChI is InChI=1S/C21H26ClNO4/c1-5-26-21(24)18(23)11-15-6-7-19(25-4)16(10-15)12-27-17-8-13(2)20(22)14(3)9-17/h6-10,18H,5,11-12,23H2,1-4H3. The van der Waals surface area contributed by atoms with Crippen molar-refractivity contribution in [3.8, 4) is 11.5 Å². The van der Waals surface area contributed by atoms with Crippen LogP contribution in [0.4, 0.5) is 0 Å². The molecule has 27 heavy (non-hydrogen) atoms. The van der Waals surface area contributed by atoms with Gasteiger partial charge < -0.3 is 19.9 Å². The summed E-state index contributed by atoms with van der Waals surface area (Å²) < 4.78 is 16.3. The third-order valence-corrected chi connectivity index (χ3v) is 4.79. The van der Waals surface area contributed by atoms with Crippen molar-refractivity contribution in [1.82, 2.24) is 0 Å². The van der Waals surface area contributed by atoms with Crippen LogP contribution in [0.15, 0.2) is 30.3 Å². The van der Waals surface area contributed by atoms with Crippen LogP contribution in [0, 0.1) is 13.8 Å². The summed E-state index contributed by atoms with van der Waals surface area (Å²) in [7, 11) is 1.61. The molecule has 0 aromatic heterocycles. The summed E-state index contributed by atoms with van der Waals surface area (Å²) in [6, 6.07) is 8.79. The van der Waals surface area contributed by atoms with Crippen LogP contribution in [0.1, 0.15) is 29.2 Å². The Morgan fingerprint density at radius 1 is 1.19 bits per heavy atom. The Hall–Kier alpha value is -2.24. The largest absolute Gasteiger partial charge is 0.496 e. The molecule has 0 fully saturated rings. The van der Waals surface area contributed by atoms with Crippen molar-refractivity contribution in [2.45, 2.75) is 39.8 Å². The fourth-order valence-electron chi connectivity index (χ4n) is 2.81. The molecule has 0 aliphatic carbocycles. The number of halogens is 1. The van der Waals surface area contributed by atoms with E-state index in [4.69, 9.17) is 31.5 Å². The third-order valence-electron chi connectivity index (χ3n) is 4.19. The lowest BCUT2D eigenvalue weighted by atomic mass is 10.0. The fourth-order valence-corrected chi connectivity index (χ4v) is 2.92. The minimum absolute atomic E-state index is 0.314. The number of carbonyl (C=O) groups is 1. The highest BCUT2D eigenvalue weighted by Gasteiger charge is 2.16. The molecule has 1 atom stereocenters. The zero-order chi connectivity index (χ0) is 20.0. The Bertz CT molecular complexity index is 784. The number of hydrogen-bond acceptors (Lipinski definition) is 5. The summed E-state index contributed by atoms with van der Waals surface area (Å²) in [4.78, 5) is 11.8. The molecule has 2 rings (SSSR count). The predicted molar refractivity (Wildman–Crippen MR) is 107 cm³/mol. The fraction of sp³-hybridized carbons (Fsp3) is 0.381. The quantitative estimate of drug-likeness (QED) is 0.689. The molecular weight excluding hydrogens is 366 g/mol. The third kappa shape index (κ3) is 5.62. The molecule has 0 heterocycles. The van der Waals surface area contributed by atoms with Gasteiger partial charge in [-0.15, -0.1) is 0 Å². The average molecular weight is 392 g/mol. The van der Waals surface area contributed by atoms with Crippen LogP contribution in [-0.4, -0.2) is 25.7 Å². The number of rotatable bonds is 8. The van der Waals surface area contributed by atoms with Gasteiger partial charge in [0.15, 0.2) is 0 Å². The molecule has 0 amide bonds. The van der Waals surface area contributed by atoms with Gasteiger partial charge >= 0.3 is 5.97 Å². The van der Waals surface area contributed by atoms with Crippen molar-refractivity contribution in [2.24, 2.45) is 5.73 Å². The van der Waals surface area contributed by atoms with Crippen molar-refractivity contribution in [2.75, 3.05) is 13.7 Å². The average Bonchev–Trinajstić information content (AvgIpc) is 2.64. The zero-order valence-electron chi connectivity index (χ0n) is 16.2. The molecule has 0 spiro atoms. The van der Waals surface area contributed by atoms with Crippen LogP contribution in [0.25, 0.3) is 0 Å². The summed E-state index contributed by atoms with van der Waals surface area (Å²) in [5, 5.41) is 0.745. The van der Waals surface area contributed by atoms with E-state index in [0.717, 1.165) is 33.0 Å². The van der Waals surface area contributed by atoms with E-state index in [0.29, 0.717) is 25.4 Å². The highest BCUT2D eigenvalue weighted by atomic mass is 35.5. The molecule has 2 N–H and O–H groups in total. The van der Waals surface area contributed by atoms with Crippen LogP contribution < -0.4 is 15.2 Å². The number of esters is 1. The maximum Gasteiger partial charge on any atom is 0.323 e. The monoisotopic (exact) mass is 391 g/mol. The van der Waals surface area contributed by atoms with Crippen molar-refractivity contribution < 1.29 is 19.0 Å². The van der Waals surface area contributed by atoms with Crippen LogP contribution in [0.3, 0.4) is 0 Å². The molecule has 0 radical (unpaired) electrons. The van der Waals surface area contributed by atoms with Gasteiger partial charge in [0.05, 0.1) is 13.7 Å². The molecule has 0 saturated heterocycles. The van der Waals surface area contributed by atoms with Gasteiger partial charge in [-0.05, 0) is 68.1 Å². The first-order chi connectivity index (χ1) is 12.8. The Morgan fingerprint density at radius 3 is 2.44 bits per heavy atom. The Balaban J connectivity index is 2.14. The second-order valence-corrected chi connectivity index (χ2v) is 6.75. The Morgan fingerprint density at radius 2 is 1.85 bits per heavy atom. The van der Waals surface area contributed by atoms with E-state index in [1.54, 1.807) is 14.0 Å². The maximum atomic E-state index is 11.8. The molecule has 6 heteroatoms. The van der Waals surface area contributed by atoms with E-state index in [1.165, 1.54) is 0 Å². The van der Waals surface area contributed by atoms with Gasteiger partial charge in [0.1, 0.15) is 24.1 Å². The molecule has 2 aromatic rings. The SMILES string of the molecule is CCOC(=O)C(N)Cc1ccc(OC)c(COc2cc(C)c(Cl)c(C)c2)c1. The first-order valence-electron chi connectivity index (χ1n) is 8.83. The van der Waals surface area contributed by atoms with E-state index >= 15 is 0 Å². The lowest BCUT2D eigenvalue weighted by Gasteiger charge is -2.15. The van der Waals surface area contributed by atoms with Crippen molar-refractivity contribution >= 4 is 17.6 Å². The van der Waals surface area contributed by atoms with Crippen molar-refractivity contribution in [1.29, 1.82) is 0 Å². The van der Waals surface area contributed by atoms with Crippen molar-refractivity contribution in [3.63, 3.8) is 0 Å². The van der Waals surface area contributed by atoms with Gasteiger partial charge in [-0.1, -0.05) is 17.7 Å². The molecule has 0 aliphatic rings. The molecule has 0 aliphatic heterocycles. The second-order valence-electron chi connectivity index (χ2n) is 6.37. The molecule has 5 nitrogen and oxygen atoms in total. The number of ether oxygens (including phenoxy) is 3. The number of carbonyl (C=O) groups excluding carboxylic acids is 1. The lowest BCUT2D eigenvalue weighted by molar-refractivity contribution is -0.144.